The molecule has 0 unspecified atom stereocenters. The molecular weight excluding hydrogens is 314 g/mol. The van der Waals surface area contributed by atoms with Crippen molar-refractivity contribution in [1.82, 2.24) is 15.4 Å². The lowest BCUT2D eigenvalue weighted by Gasteiger charge is -2.22. The van der Waals surface area contributed by atoms with E-state index < -0.39 is 0 Å². The standard InChI is InChI=1S/C16H22ClN5O/c1-9-6-11(7-10(2)12(9)17)23-15-13(18)14(19-8-20-15)21-22-16(3,4)5/h6-8,22H,18H2,1-5H3,(H,19,20,21). The fourth-order valence-electron chi connectivity index (χ4n) is 1.88. The molecule has 0 bridgehead atoms. The van der Waals surface area contributed by atoms with Crippen LogP contribution in [-0.2, 0) is 0 Å². The number of nitrogen functional groups attached to an aromatic ring is 1. The SMILES string of the molecule is Cc1cc(Oc2ncnc(NNC(C)(C)C)c2N)cc(C)c1Cl. The first-order chi connectivity index (χ1) is 10.7. The maximum Gasteiger partial charge on any atom is 0.248 e. The number of nitrogens with one attached hydrogen (secondary N) is 2. The average molecular weight is 336 g/mol. The van der Waals surface area contributed by atoms with Gasteiger partial charge in [-0.05, 0) is 57.9 Å². The van der Waals surface area contributed by atoms with Crippen molar-refractivity contribution in [2.24, 2.45) is 0 Å². The Morgan fingerprint density at radius 1 is 1.13 bits per heavy atom. The molecule has 0 saturated heterocycles. The number of benzene rings is 1. The fourth-order valence-corrected chi connectivity index (χ4v) is 1.99. The van der Waals surface area contributed by atoms with E-state index >= 15 is 0 Å². The third-order valence-corrected chi connectivity index (χ3v) is 3.62. The maximum absolute atomic E-state index is 6.17. The number of nitrogens with zero attached hydrogens (tertiary/aromatic N) is 2. The summed E-state index contributed by atoms with van der Waals surface area (Å²) >= 11 is 6.17. The summed E-state index contributed by atoms with van der Waals surface area (Å²) in [5.74, 6) is 1.39. The van der Waals surface area contributed by atoms with Gasteiger partial charge in [-0.1, -0.05) is 11.6 Å². The number of hydrazine groups is 1. The fraction of sp³-hybridized carbons (Fsp3) is 0.375. The number of aromatic nitrogens is 2. The van der Waals surface area contributed by atoms with Crippen LogP contribution in [-0.4, -0.2) is 15.5 Å². The molecule has 4 N–H and O–H groups in total. The second kappa shape index (κ2) is 6.60. The number of nitrogens with two attached hydrogens (primary N) is 1. The van der Waals surface area contributed by atoms with Crippen LogP contribution in [0.5, 0.6) is 11.6 Å². The molecule has 0 amide bonds. The van der Waals surface area contributed by atoms with Gasteiger partial charge in [0.1, 0.15) is 17.8 Å². The third-order valence-electron chi connectivity index (χ3n) is 3.03. The first-order valence-electron chi connectivity index (χ1n) is 7.25. The number of aryl methyl sites for hydroxylation is 2. The average Bonchev–Trinajstić information content (AvgIpc) is 2.44. The number of rotatable bonds is 4. The molecule has 1 aromatic carbocycles. The summed E-state index contributed by atoms with van der Waals surface area (Å²) in [6, 6.07) is 3.69. The van der Waals surface area contributed by atoms with Gasteiger partial charge in [0.2, 0.25) is 5.88 Å². The van der Waals surface area contributed by atoms with Gasteiger partial charge in [-0.15, -0.1) is 0 Å². The van der Waals surface area contributed by atoms with E-state index in [9.17, 15) is 0 Å². The van der Waals surface area contributed by atoms with Crippen molar-refractivity contribution >= 4 is 23.1 Å². The van der Waals surface area contributed by atoms with E-state index in [4.69, 9.17) is 22.1 Å². The Morgan fingerprint density at radius 2 is 1.74 bits per heavy atom. The van der Waals surface area contributed by atoms with Crippen LogP contribution in [0.1, 0.15) is 31.9 Å². The molecule has 1 heterocycles. The molecule has 2 rings (SSSR count). The Balaban J connectivity index is 2.24. The lowest BCUT2D eigenvalue weighted by Crippen LogP contribution is -2.40. The quantitative estimate of drug-likeness (QED) is 0.736. The second-order valence-corrected chi connectivity index (χ2v) is 6.79. The van der Waals surface area contributed by atoms with E-state index in [1.165, 1.54) is 6.33 Å². The molecule has 0 aliphatic rings. The Bertz CT molecular complexity index is 689. The zero-order chi connectivity index (χ0) is 17.2. The van der Waals surface area contributed by atoms with Gasteiger partial charge < -0.3 is 15.9 Å². The lowest BCUT2D eigenvalue weighted by molar-refractivity contribution is 0.457. The van der Waals surface area contributed by atoms with E-state index in [1.54, 1.807) is 0 Å². The van der Waals surface area contributed by atoms with Gasteiger partial charge in [0.25, 0.3) is 0 Å². The molecule has 1 aromatic heterocycles. The van der Waals surface area contributed by atoms with Crippen LogP contribution in [0.2, 0.25) is 5.02 Å². The highest BCUT2D eigenvalue weighted by atomic mass is 35.5. The first-order valence-corrected chi connectivity index (χ1v) is 7.63. The van der Waals surface area contributed by atoms with E-state index in [0.29, 0.717) is 23.1 Å². The van der Waals surface area contributed by atoms with Crippen molar-refractivity contribution in [2.75, 3.05) is 11.2 Å². The molecule has 2 aromatic rings. The van der Waals surface area contributed by atoms with E-state index in [-0.39, 0.29) is 5.54 Å². The van der Waals surface area contributed by atoms with Crippen LogP contribution in [0.4, 0.5) is 11.5 Å². The minimum atomic E-state index is -0.136. The van der Waals surface area contributed by atoms with Crippen LogP contribution in [0.15, 0.2) is 18.5 Å². The van der Waals surface area contributed by atoms with Gasteiger partial charge in [0.15, 0.2) is 5.82 Å². The van der Waals surface area contributed by atoms with Crippen LogP contribution >= 0.6 is 11.6 Å². The Morgan fingerprint density at radius 3 is 2.30 bits per heavy atom. The second-order valence-electron chi connectivity index (χ2n) is 6.41. The predicted octanol–water partition coefficient (Wildman–Crippen LogP) is 3.84. The molecule has 6 nitrogen and oxygen atoms in total. The highest BCUT2D eigenvalue weighted by molar-refractivity contribution is 6.32. The Kier molecular flexibility index (Phi) is 4.97. The van der Waals surface area contributed by atoms with Gasteiger partial charge in [-0.3, -0.25) is 0 Å². The van der Waals surface area contributed by atoms with Crippen molar-refractivity contribution in [3.8, 4) is 11.6 Å². The van der Waals surface area contributed by atoms with E-state index in [2.05, 4.69) is 20.8 Å². The molecular formula is C16H22ClN5O. The van der Waals surface area contributed by atoms with Crippen molar-refractivity contribution in [3.63, 3.8) is 0 Å². The number of halogens is 1. The molecule has 0 aliphatic carbocycles. The van der Waals surface area contributed by atoms with E-state index in [1.807, 2.05) is 46.8 Å². The summed E-state index contributed by atoms with van der Waals surface area (Å²) in [6.45, 7) is 9.91. The summed E-state index contributed by atoms with van der Waals surface area (Å²) in [5.41, 5.74) is 14.2. The van der Waals surface area contributed by atoms with E-state index in [0.717, 1.165) is 16.1 Å². The Hall–Kier alpha value is -2.05. The minimum absolute atomic E-state index is 0.136. The van der Waals surface area contributed by atoms with Gasteiger partial charge in [-0.25, -0.2) is 10.4 Å². The highest BCUT2D eigenvalue weighted by Gasteiger charge is 2.14. The maximum atomic E-state index is 6.17. The number of anilines is 2. The number of ether oxygens (including phenoxy) is 1. The number of hydrogen-bond acceptors (Lipinski definition) is 6. The summed E-state index contributed by atoms with van der Waals surface area (Å²) in [4.78, 5) is 8.22. The molecule has 0 saturated carbocycles. The third kappa shape index (κ3) is 4.46. The normalized spacial score (nSPS) is 11.4. The van der Waals surface area contributed by atoms with Crippen molar-refractivity contribution in [2.45, 2.75) is 40.2 Å². The molecule has 0 aliphatic heterocycles. The van der Waals surface area contributed by atoms with Crippen LogP contribution in [0.25, 0.3) is 0 Å². The van der Waals surface area contributed by atoms with Crippen molar-refractivity contribution < 1.29 is 4.74 Å². The van der Waals surface area contributed by atoms with Gasteiger partial charge >= 0.3 is 0 Å². The Labute approximate surface area is 141 Å². The lowest BCUT2D eigenvalue weighted by atomic mass is 10.1. The number of hydrogen-bond donors (Lipinski definition) is 3. The van der Waals surface area contributed by atoms with Gasteiger partial charge in [0.05, 0.1) is 0 Å². The van der Waals surface area contributed by atoms with Gasteiger partial charge in [0, 0.05) is 10.6 Å². The summed E-state index contributed by atoms with van der Waals surface area (Å²) in [5, 5.41) is 0.727. The topological polar surface area (TPSA) is 85.1 Å². The molecule has 0 fully saturated rings. The predicted molar refractivity (Wildman–Crippen MR) is 94.0 cm³/mol. The smallest absolute Gasteiger partial charge is 0.248 e. The molecule has 0 radical (unpaired) electrons. The zero-order valence-corrected chi connectivity index (χ0v) is 14.7. The van der Waals surface area contributed by atoms with Crippen molar-refractivity contribution in [3.05, 3.63) is 34.6 Å². The minimum Gasteiger partial charge on any atom is -0.437 e. The highest BCUT2D eigenvalue weighted by Crippen LogP contribution is 2.32. The van der Waals surface area contributed by atoms with Crippen LogP contribution in [0, 0.1) is 13.8 Å². The zero-order valence-electron chi connectivity index (χ0n) is 14.0. The monoisotopic (exact) mass is 335 g/mol. The van der Waals surface area contributed by atoms with Crippen LogP contribution < -0.4 is 21.3 Å². The first kappa shape index (κ1) is 17.3. The largest absolute Gasteiger partial charge is 0.437 e. The molecule has 7 heteroatoms. The van der Waals surface area contributed by atoms with Crippen LogP contribution in [0.3, 0.4) is 0 Å². The molecule has 0 spiro atoms. The summed E-state index contributed by atoms with van der Waals surface area (Å²) in [7, 11) is 0. The summed E-state index contributed by atoms with van der Waals surface area (Å²) in [6.07, 6.45) is 1.40. The van der Waals surface area contributed by atoms with Crippen molar-refractivity contribution in [1.29, 1.82) is 0 Å². The summed E-state index contributed by atoms with van der Waals surface area (Å²) < 4.78 is 5.80. The molecule has 23 heavy (non-hydrogen) atoms. The molecule has 0 atom stereocenters. The van der Waals surface area contributed by atoms with Gasteiger partial charge in [-0.2, -0.15) is 4.98 Å². The molecule has 124 valence electrons.